The van der Waals surface area contributed by atoms with Crippen LogP contribution < -0.4 is 10.6 Å². The first kappa shape index (κ1) is 24.4. The molecule has 0 aliphatic heterocycles. The molecule has 38 heavy (non-hydrogen) atoms. The second-order valence-electron chi connectivity index (χ2n) is 11.1. The Kier molecular flexibility index (Phi) is 6.04. The number of alkyl halides is 1. The lowest BCUT2D eigenvalue weighted by Gasteiger charge is -2.19. The second kappa shape index (κ2) is 9.41. The highest BCUT2D eigenvalue weighted by molar-refractivity contribution is 5.69. The number of nitrogens with zero attached hydrogens (tertiary/aromatic N) is 6. The third kappa shape index (κ3) is 4.94. The average molecular weight is 522 g/mol. The van der Waals surface area contributed by atoms with Gasteiger partial charge in [-0.1, -0.05) is 13.8 Å². The summed E-state index contributed by atoms with van der Waals surface area (Å²) in [6, 6.07) is 3.69. The van der Waals surface area contributed by atoms with Crippen molar-refractivity contribution in [1.82, 2.24) is 39.7 Å². The van der Waals surface area contributed by atoms with Crippen LogP contribution in [0.1, 0.15) is 58.1 Å². The summed E-state index contributed by atoms with van der Waals surface area (Å²) in [5, 5.41) is 17.8. The number of halogens is 1. The Bertz CT molecular complexity index is 1450. The van der Waals surface area contributed by atoms with E-state index < -0.39 is 24.3 Å². The van der Waals surface area contributed by atoms with Gasteiger partial charge in [0.25, 0.3) is 0 Å². The van der Waals surface area contributed by atoms with Crippen molar-refractivity contribution in [3.8, 4) is 11.3 Å². The fraction of sp³-hybridized carbons (Fsp3) is 0.500. The van der Waals surface area contributed by atoms with Crippen molar-refractivity contribution in [2.75, 3.05) is 5.32 Å². The number of anilines is 2. The van der Waals surface area contributed by atoms with Crippen molar-refractivity contribution >= 4 is 23.5 Å². The van der Waals surface area contributed by atoms with Crippen molar-refractivity contribution in [1.29, 1.82) is 0 Å². The van der Waals surface area contributed by atoms with Crippen LogP contribution in [0, 0.1) is 5.92 Å². The molecule has 4 aromatic rings. The number of rotatable bonds is 8. The number of aromatic amines is 1. The first-order valence-electron chi connectivity index (χ1n) is 13.1. The Morgan fingerprint density at radius 2 is 2.16 bits per heavy atom. The summed E-state index contributed by atoms with van der Waals surface area (Å²) in [6.45, 7) is 7.07. The minimum atomic E-state index is -1.31. The number of H-pyrrole nitrogens is 1. The molecule has 0 bridgehead atoms. The summed E-state index contributed by atoms with van der Waals surface area (Å²) in [5.41, 5.74) is 2.79. The minimum Gasteiger partial charge on any atom is -0.443 e. The fourth-order valence-electron chi connectivity index (χ4n) is 4.93. The summed E-state index contributed by atoms with van der Waals surface area (Å²) >= 11 is 0. The molecule has 3 atom stereocenters. The normalized spacial score (nSPS) is 22.2. The summed E-state index contributed by atoms with van der Waals surface area (Å²) in [7, 11) is 0. The number of nitrogens with one attached hydrogen (secondary N) is 3. The number of hydrogen-bond donors (Lipinski definition) is 3. The van der Waals surface area contributed by atoms with Gasteiger partial charge in [-0.3, -0.25) is 14.2 Å². The Labute approximate surface area is 219 Å². The molecule has 0 unspecified atom stereocenters. The topological polar surface area (TPSA) is 127 Å². The van der Waals surface area contributed by atoms with Crippen LogP contribution in [0.15, 0.2) is 36.9 Å². The molecular formula is C26H32FN9O2. The lowest BCUT2D eigenvalue weighted by Crippen LogP contribution is -2.38. The first-order chi connectivity index (χ1) is 18.3. The fourth-order valence-corrected chi connectivity index (χ4v) is 4.93. The molecule has 0 spiro atoms. The van der Waals surface area contributed by atoms with Gasteiger partial charge < -0.3 is 15.4 Å². The van der Waals surface area contributed by atoms with Crippen LogP contribution >= 0.6 is 0 Å². The molecule has 11 nitrogen and oxygen atoms in total. The van der Waals surface area contributed by atoms with E-state index in [-0.39, 0.29) is 5.54 Å². The van der Waals surface area contributed by atoms with Crippen LogP contribution in [0.4, 0.5) is 21.0 Å². The SMILES string of the molecule is CC(C)Cn1cc(-c2cc3nccn3c(Nc3cc([C@H]4CC[C@@H](OC(=O)NC5(C)CC5)[C@H]4F)[nH]n3)n2)cn1. The van der Waals surface area contributed by atoms with E-state index in [1.54, 1.807) is 18.5 Å². The minimum absolute atomic E-state index is 0.203. The Morgan fingerprint density at radius 1 is 1.32 bits per heavy atom. The van der Waals surface area contributed by atoms with Crippen LogP contribution in [0.2, 0.25) is 0 Å². The van der Waals surface area contributed by atoms with E-state index in [4.69, 9.17) is 9.72 Å². The van der Waals surface area contributed by atoms with E-state index in [1.807, 2.05) is 34.5 Å². The molecule has 1 amide bonds. The summed E-state index contributed by atoms with van der Waals surface area (Å²) < 4.78 is 24.4. The van der Waals surface area contributed by atoms with Gasteiger partial charge in [0.2, 0.25) is 5.95 Å². The molecule has 0 aromatic carbocycles. The zero-order valence-corrected chi connectivity index (χ0v) is 21.7. The molecule has 3 N–H and O–H groups in total. The van der Waals surface area contributed by atoms with Gasteiger partial charge in [-0.15, -0.1) is 0 Å². The van der Waals surface area contributed by atoms with Gasteiger partial charge in [0.15, 0.2) is 5.82 Å². The van der Waals surface area contributed by atoms with Gasteiger partial charge in [0.1, 0.15) is 17.9 Å². The molecule has 0 saturated heterocycles. The molecule has 12 heteroatoms. The van der Waals surface area contributed by atoms with Crippen LogP contribution in [-0.4, -0.2) is 58.3 Å². The maximum atomic E-state index is 15.3. The number of carbonyl (C=O) groups is 1. The van der Waals surface area contributed by atoms with Gasteiger partial charge in [-0.25, -0.2) is 19.2 Å². The van der Waals surface area contributed by atoms with E-state index in [9.17, 15) is 4.79 Å². The Balaban J connectivity index is 1.17. The number of amides is 1. The van der Waals surface area contributed by atoms with Crippen LogP contribution in [-0.2, 0) is 11.3 Å². The highest BCUT2D eigenvalue weighted by Gasteiger charge is 2.43. The molecule has 4 aromatic heterocycles. The van der Waals surface area contributed by atoms with E-state index in [2.05, 4.69) is 44.8 Å². The number of alkyl carbamates (subject to hydrolysis) is 1. The van der Waals surface area contributed by atoms with Crippen molar-refractivity contribution in [3.05, 3.63) is 42.6 Å². The van der Waals surface area contributed by atoms with E-state index >= 15 is 4.39 Å². The highest BCUT2D eigenvalue weighted by Crippen LogP contribution is 2.39. The quantitative estimate of drug-likeness (QED) is 0.310. The number of hydrogen-bond acceptors (Lipinski definition) is 7. The average Bonchev–Trinajstić information content (AvgIpc) is 3.39. The molecule has 0 radical (unpaired) electrons. The van der Waals surface area contributed by atoms with Crippen molar-refractivity contribution < 1.29 is 13.9 Å². The van der Waals surface area contributed by atoms with E-state index in [0.29, 0.717) is 36.2 Å². The number of ether oxygens (including phenoxy) is 1. The third-order valence-electron chi connectivity index (χ3n) is 7.27. The molecule has 2 aliphatic rings. The maximum absolute atomic E-state index is 15.3. The smallest absolute Gasteiger partial charge is 0.407 e. The molecule has 200 valence electrons. The lowest BCUT2D eigenvalue weighted by atomic mass is 10.0. The monoisotopic (exact) mass is 521 g/mol. The highest BCUT2D eigenvalue weighted by atomic mass is 19.1. The zero-order chi connectivity index (χ0) is 26.4. The van der Waals surface area contributed by atoms with Gasteiger partial charge in [0, 0.05) is 60.0 Å². The molecule has 6 rings (SSSR count). The molecule has 2 saturated carbocycles. The molecule has 2 aliphatic carbocycles. The predicted molar refractivity (Wildman–Crippen MR) is 139 cm³/mol. The van der Waals surface area contributed by atoms with E-state index in [1.165, 1.54) is 0 Å². The molecule has 2 fully saturated rings. The Morgan fingerprint density at radius 3 is 2.95 bits per heavy atom. The predicted octanol–water partition coefficient (Wildman–Crippen LogP) is 4.58. The molecular weight excluding hydrogens is 489 g/mol. The van der Waals surface area contributed by atoms with Crippen LogP contribution in [0.25, 0.3) is 16.9 Å². The number of carbonyl (C=O) groups excluding carboxylic acids is 1. The lowest BCUT2D eigenvalue weighted by molar-refractivity contribution is 0.0546. The van der Waals surface area contributed by atoms with Gasteiger partial charge in [-0.2, -0.15) is 10.2 Å². The largest absolute Gasteiger partial charge is 0.443 e. The summed E-state index contributed by atoms with van der Waals surface area (Å²) in [4.78, 5) is 21.4. The number of fused-ring (bicyclic) bond motifs is 1. The van der Waals surface area contributed by atoms with Crippen molar-refractivity contribution in [2.45, 2.75) is 76.7 Å². The van der Waals surface area contributed by atoms with Crippen LogP contribution in [0.3, 0.4) is 0 Å². The Hall–Kier alpha value is -3.96. The van der Waals surface area contributed by atoms with Gasteiger partial charge in [-0.05, 0) is 38.5 Å². The van der Waals surface area contributed by atoms with Crippen molar-refractivity contribution in [3.63, 3.8) is 0 Å². The van der Waals surface area contributed by atoms with Crippen LogP contribution in [0.5, 0.6) is 0 Å². The van der Waals surface area contributed by atoms with Crippen molar-refractivity contribution in [2.24, 2.45) is 5.92 Å². The number of aromatic nitrogens is 7. The maximum Gasteiger partial charge on any atom is 0.407 e. The van der Waals surface area contributed by atoms with Gasteiger partial charge in [0.05, 0.1) is 11.9 Å². The third-order valence-corrected chi connectivity index (χ3v) is 7.27. The summed E-state index contributed by atoms with van der Waals surface area (Å²) in [6.07, 6.45) is 7.51. The zero-order valence-electron chi connectivity index (χ0n) is 21.7. The first-order valence-corrected chi connectivity index (χ1v) is 13.1. The number of imidazole rings is 1. The van der Waals surface area contributed by atoms with E-state index in [0.717, 1.165) is 36.3 Å². The standard InChI is InChI=1S/C26H32FN9O2/c1-15(2)13-35-14-16(12-29-35)18-11-22-28-8-9-36(22)24(30-18)31-21-10-19(33-34-21)17-4-5-20(23(17)27)38-25(37)32-26(3)6-7-26/h8-12,14-15,17,20,23H,4-7,13H2,1-3H3,(H,32,37)(H2,30,31,33,34)/t17-,20-,23+/m1/s1. The molecule has 4 heterocycles. The summed E-state index contributed by atoms with van der Waals surface area (Å²) in [5.74, 6) is 1.07. The second-order valence-corrected chi connectivity index (χ2v) is 11.1. The van der Waals surface area contributed by atoms with Gasteiger partial charge >= 0.3 is 6.09 Å².